The van der Waals surface area contributed by atoms with Gasteiger partial charge in [-0.25, -0.2) is 38.5 Å². The van der Waals surface area contributed by atoms with Crippen molar-refractivity contribution in [3.8, 4) is 5.75 Å². The van der Waals surface area contributed by atoms with Gasteiger partial charge in [0, 0.05) is 11.4 Å². The topological polar surface area (TPSA) is 363 Å². The van der Waals surface area contributed by atoms with Gasteiger partial charge in [0.15, 0.2) is 9.84 Å². The molecule has 31 heteroatoms. The van der Waals surface area contributed by atoms with Crippen molar-refractivity contribution < 1.29 is 185 Å². The van der Waals surface area contributed by atoms with Crippen LogP contribution in [0.2, 0.25) is 5.28 Å². The number of carbonyl (C=O) groups is 1. The summed E-state index contributed by atoms with van der Waals surface area (Å²) in [4.78, 5) is 20.4. The predicted octanol–water partition coefficient (Wildman–Crippen LogP) is -9.57. The molecule has 0 atom stereocenters. The van der Waals surface area contributed by atoms with Crippen molar-refractivity contribution >= 4 is 103 Å². The number of hydrogen-bond acceptors (Lipinski definition) is 21. The number of sulfone groups is 1. The average Bonchev–Trinajstić information content (AvgIpc) is 3.06. The number of nitrogens with one attached hydrogen (secondary N) is 2. The van der Waals surface area contributed by atoms with Crippen LogP contribution in [0.25, 0.3) is 10.8 Å². The molecule has 0 aliphatic rings. The maximum absolute atomic E-state index is 13.8. The van der Waals surface area contributed by atoms with Crippen molar-refractivity contribution in [3.63, 3.8) is 0 Å². The van der Waals surface area contributed by atoms with Crippen LogP contribution in [0.1, 0.15) is 10.4 Å². The van der Waals surface area contributed by atoms with Crippen LogP contribution in [0, 0.1) is 0 Å². The van der Waals surface area contributed by atoms with Crippen molar-refractivity contribution in [2.75, 3.05) is 23.0 Å². The molecule has 59 heavy (non-hydrogen) atoms. The molecule has 22 nitrogen and oxygen atoms in total. The first kappa shape index (κ1) is 55.6. The minimum Gasteiger partial charge on any atom is -0.870 e. The summed E-state index contributed by atoms with van der Waals surface area (Å²) in [5.74, 6) is -4.24. The van der Waals surface area contributed by atoms with Gasteiger partial charge in [0.05, 0.1) is 44.0 Å². The second-order valence-corrected chi connectivity index (χ2v) is 16.9. The molecule has 1 aromatic heterocycles. The van der Waals surface area contributed by atoms with E-state index in [4.69, 9.17) is 16.7 Å². The second kappa shape index (κ2) is 22.3. The fraction of sp³-hybridized carbons (Fsp3) is 0.0714. The Labute approximate surface area is 428 Å². The SMILES string of the molecule is O=C(O)c1ccc(N=Nc2c(S(=O)(=O)[O-])cc3cc(S(=O)(=O)[O-])cc(Nc4nc(Cl)nc(Nc5ccc(S(=O)(=O)CCOS(=O)(=O)[O-])cc5)n4)c3c2[O-])cc1.[Na+].[Na+].[Na+].[Na+]. The summed E-state index contributed by atoms with van der Waals surface area (Å²) >= 11 is 6.06. The van der Waals surface area contributed by atoms with Crippen LogP contribution in [-0.4, -0.2) is 85.7 Å². The quantitative estimate of drug-likeness (QED) is 0.0403. The fourth-order valence-corrected chi connectivity index (χ4v) is 7.39. The normalized spacial score (nSPS) is 11.7. The fourth-order valence-electron chi connectivity index (χ4n) is 4.57. The summed E-state index contributed by atoms with van der Waals surface area (Å²) in [6.07, 6.45) is 0. The van der Waals surface area contributed by atoms with Gasteiger partial charge >= 0.3 is 124 Å². The van der Waals surface area contributed by atoms with E-state index in [-0.39, 0.29) is 146 Å². The molecule has 0 unspecified atom stereocenters. The Kier molecular flexibility index (Phi) is 21.0. The number of aromatic carboxylic acids is 1. The van der Waals surface area contributed by atoms with Gasteiger partial charge in [-0.2, -0.15) is 20.1 Å². The molecule has 0 saturated heterocycles. The van der Waals surface area contributed by atoms with E-state index < -0.39 is 108 Å². The van der Waals surface area contributed by atoms with Crippen LogP contribution in [0.3, 0.4) is 0 Å². The van der Waals surface area contributed by atoms with Crippen molar-refractivity contribution in [1.29, 1.82) is 0 Å². The Morgan fingerprint density at radius 3 is 1.85 bits per heavy atom. The molecule has 3 N–H and O–H groups in total. The molecule has 5 rings (SSSR count). The summed E-state index contributed by atoms with van der Waals surface area (Å²) in [6.45, 7) is -0.922. The molecule has 0 spiro atoms. The molecule has 0 saturated carbocycles. The van der Waals surface area contributed by atoms with Gasteiger partial charge in [-0.1, -0.05) is 5.75 Å². The number of fused-ring (bicyclic) bond motifs is 1. The zero-order chi connectivity index (χ0) is 40.5. The number of carboxylic acids is 1. The third-order valence-electron chi connectivity index (χ3n) is 6.95. The third-order valence-corrected chi connectivity index (χ3v) is 10.9. The third kappa shape index (κ3) is 15.1. The molecule has 290 valence electrons. The number of halogens is 1. The number of carboxylic acid groups (broad SMARTS) is 1. The van der Waals surface area contributed by atoms with E-state index in [1.807, 2.05) is 0 Å². The smallest absolute Gasteiger partial charge is 0.870 e. The molecule has 0 fully saturated rings. The van der Waals surface area contributed by atoms with Crippen LogP contribution in [-0.2, 0) is 44.7 Å². The largest absolute Gasteiger partial charge is 1.00 e. The number of hydrogen-bond donors (Lipinski definition) is 3. The number of benzene rings is 4. The molecule has 0 radical (unpaired) electrons. The molecular formula is C28H18ClN7Na4O15S4. The van der Waals surface area contributed by atoms with Crippen LogP contribution in [0.5, 0.6) is 5.75 Å². The Hall–Kier alpha value is -1.45. The molecule has 4 aromatic carbocycles. The molecule has 0 amide bonds. The summed E-state index contributed by atoms with van der Waals surface area (Å²) in [6, 6.07) is 11.2. The van der Waals surface area contributed by atoms with Gasteiger partial charge in [0.25, 0.3) is 0 Å². The predicted molar refractivity (Wildman–Crippen MR) is 182 cm³/mol. The van der Waals surface area contributed by atoms with Gasteiger partial charge < -0.3 is 34.5 Å². The van der Waals surface area contributed by atoms with Crippen molar-refractivity contribution in [2.45, 2.75) is 14.7 Å². The van der Waals surface area contributed by atoms with Crippen molar-refractivity contribution in [2.24, 2.45) is 10.2 Å². The monoisotopic (exact) mass is 947 g/mol. The number of aromatic nitrogens is 3. The first-order valence-electron chi connectivity index (χ1n) is 14.4. The van der Waals surface area contributed by atoms with Crippen molar-refractivity contribution in [1.82, 2.24) is 15.0 Å². The average molecular weight is 948 g/mol. The Morgan fingerprint density at radius 1 is 0.746 bits per heavy atom. The summed E-state index contributed by atoms with van der Waals surface area (Å²) in [5, 5.41) is 33.9. The van der Waals surface area contributed by atoms with E-state index in [2.05, 4.69) is 40.0 Å². The zero-order valence-electron chi connectivity index (χ0n) is 30.7. The molecule has 0 aliphatic carbocycles. The minimum atomic E-state index is -5.51. The number of azo groups is 1. The molecule has 0 bridgehead atoms. The molecule has 5 aromatic rings. The van der Waals surface area contributed by atoms with Gasteiger partial charge in [-0.05, 0) is 89.1 Å². The van der Waals surface area contributed by atoms with Gasteiger partial charge in [-0.15, -0.1) is 5.11 Å². The second-order valence-electron chi connectivity index (χ2n) is 10.7. The first-order valence-corrected chi connectivity index (χ1v) is 20.6. The minimum absolute atomic E-state index is 0. The maximum atomic E-state index is 13.8. The van der Waals surface area contributed by atoms with Crippen LogP contribution in [0.4, 0.5) is 34.6 Å². The van der Waals surface area contributed by atoms with Crippen molar-refractivity contribution in [3.05, 3.63) is 77.6 Å². The van der Waals surface area contributed by atoms with E-state index >= 15 is 0 Å². The number of anilines is 4. The van der Waals surface area contributed by atoms with E-state index in [0.717, 1.165) is 24.3 Å². The van der Waals surface area contributed by atoms with E-state index in [0.29, 0.717) is 18.2 Å². The van der Waals surface area contributed by atoms with E-state index in [1.54, 1.807) is 0 Å². The maximum Gasteiger partial charge on any atom is 1.00 e. The van der Waals surface area contributed by atoms with Gasteiger partial charge in [-0.3, -0.25) is 4.18 Å². The van der Waals surface area contributed by atoms with Crippen LogP contribution in [0.15, 0.2) is 91.6 Å². The van der Waals surface area contributed by atoms with E-state index in [1.165, 1.54) is 24.3 Å². The zero-order valence-corrected chi connectivity index (χ0v) is 42.7. The van der Waals surface area contributed by atoms with Gasteiger partial charge in [0.1, 0.15) is 20.2 Å². The standard InChI is InChI=1S/C28H22ClN7O15S4.4Na/c29-26-32-27(30-16-5-7-18(8-6-16)52(40,41)10-9-51-55(48,49)50)34-28(33-26)31-20-13-19(53(42,43)44)11-15-12-21(54(45,46)47)23(24(37)22(15)20)36-35-17-3-1-14(2-4-17)25(38)39;;;;/h1-8,11-13,37H,9-10H2,(H,38,39)(H,42,43,44)(H,45,46,47)(H,48,49,50)(H2,30,31,32,33,34);;;;/q;4*+1/p-4. The van der Waals surface area contributed by atoms with Gasteiger partial charge in [0.2, 0.25) is 27.6 Å². The van der Waals surface area contributed by atoms with Crippen LogP contribution >= 0.6 is 11.6 Å². The summed E-state index contributed by atoms with van der Waals surface area (Å²) in [5.41, 5.74) is -1.61. The first-order chi connectivity index (χ1) is 25.5. The summed E-state index contributed by atoms with van der Waals surface area (Å²) in [7, 11) is -20.0. The molecular weight excluding hydrogens is 930 g/mol. The number of rotatable bonds is 14. The Morgan fingerprint density at radius 2 is 1.32 bits per heavy atom. The summed E-state index contributed by atoms with van der Waals surface area (Å²) < 4.78 is 134. The molecule has 0 aliphatic heterocycles. The van der Waals surface area contributed by atoms with Crippen LogP contribution < -0.4 is 134 Å². The Bertz CT molecular complexity index is 2850. The number of nitrogens with zero attached hydrogens (tertiary/aromatic N) is 5. The van der Waals surface area contributed by atoms with E-state index in [9.17, 15) is 57.2 Å². The Balaban J connectivity index is 0.00000435. The molecule has 1 heterocycles.